The number of amides is 1. The smallest absolute Gasteiger partial charge is 0.289 e. The number of hydrogen-bond acceptors (Lipinski definition) is 4. The quantitative estimate of drug-likeness (QED) is 0.868. The molecule has 2 unspecified atom stereocenters. The minimum absolute atomic E-state index is 0.0364. The van der Waals surface area contributed by atoms with E-state index in [1.807, 2.05) is 35.2 Å². The van der Waals surface area contributed by atoms with E-state index in [4.69, 9.17) is 13.9 Å². The summed E-state index contributed by atoms with van der Waals surface area (Å²) in [6.07, 6.45) is 3.10. The van der Waals surface area contributed by atoms with Gasteiger partial charge in [-0.15, -0.1) is 0 Å². The van der Waals surface area contributed by atoms with Crippen molar-refractivity contribution in [2.45, 2.75) is 25.4 Å². The number of hydrogen-bond donors (Lipinski definition) is 0. The Balaban J connectivity index is 1.58. The Kier molecular flexibility index (Phi) is 4.06. The molecule has 0 N–H and O–H groups in total. The van der Waals surface area contributed by atoms with Crippen molar-refractivity contribution in [3.63, 3.8) is 0 Å². The van der Waals surface area contributed by atoms with Gasteiger partial charge in [0, 0.05) is 37.6 Å². The Morgan fingerprint density at radius 2 is 2.29 bits per heavy atom. The van der Waals surface area contributed by atoms with Crippen LogP contribution in [0.3, 0.4) is 0 Å². The van der Waals surface area contributed by atoms with E-state index in [-0.39, 0.29) is 17.4 Å². The minimum atomic E-state index is -0.0904. The van der Waals surface area contributed by atoms with Gasteiger partial charge in [0.05, 0.1) is 12.7 Å². The topological polar surface area (TPSA) is 51.9 Å². The van der Waals surface area contributed by atoms with Crippen LogP contribution in [0.4, 0.5) is 0 Å². The highest BCUT2D eigenvalue weighted by molar-refractivity contribution is 5.96. The lowest BCUT2D eigenvalue weighted by Gasteiger charge is -2.50. The van der Waals surface area contributed by atoms with Crippen LogP contribution in [0.15, 0.2) is 34.7 Å². The van der Waals surface area contributed by atoms with Crippen molar-refractivity contribution < 1.29 is 18.7 Å². The van der Waals surface area contributed by atoms with Crippen LogP contribution < -0.4 is 0 Å². The molecule has 128 valence electrons. The molecular formula is C19H23NO4. The van der Waals surface area contributed by atoms with Gasteiger partial charge in [0.25, 0.3) is 5.91 Å². The zero-order valence-electron chi connectivity index (χ0n) is 14.0. The lowest BCUT2D eigenvalue weighted by atomic mass is 9.73. The number of likely N-dealkylation sites (tertiary alicyclic amines) is 1. The van der Waals surface area contributed by atoms with Gasteiger partial charge in [-0.2, -0.15) is 0 Å². The molecule has 2 saturated heterocycles. The monoisotopic (exact) mass is 329 g/mol. The lowest BCUT2D eigenvalue weighted by Crippen LogP contribution is -2.58. The molecule has 2 aliphatic rings. The molecule has 3 heterocycles. The maximum absolute atomic E-state index is 12.9. The zero-order chi connectivity index (χ0) is 16.6. The molecule has 4 rings (SSSR count). The molecule has 1 amide bonds. The van der Waals surface area contributed by atoms with Crippen molar-refractivity contribution in [2.75, 3.05) is 33.4 Å². The fourth-order valence-corrected chi connectivity index (χ4v) is 4.20. The zero-order valence-corrected chi connectivity index (χ0v) is 14.0. The third-order valence-electron chi connectivity index (χ3n) is 5.34. The molecule has 1 aromatic carbocycles. The molecule has 2 fully saturated rings. The average Bonchev–Trinajstić information content (AvgIpc) is 3.04. The summed E-state index contributed by atoms with van der Waals surface area (Å²) < 4.78 is 17.2. The first-order valence-corrected chi connectivity index (χ1v) is 8.60. The van der Waals surface area contributed by atoms with E-state index in [0.29, 0.717) is 25.5 Å². The SMILES string of the molecule is COCC12CCCOC1CCN(C(=O)c1cc3ccccc3o1)C2. The number of carbonyl (C=O) groups excluding carboxylic acids is 1. The van der Waals surface area contributed by atoms with E-state index in [1.54, 1.807) is 7.11 Å². The van der Waals surface area contributed by atoms with Crippen molar-refractivity contribution in [3.8, 4) is 0 Å². The highest BCUT2D eigenvalue weighted by atomic mass is 16.5. The van der Waals surface area contributed by atoms with E-state index in [9.17, 15) is 4.79 Å². The Morgan fingerprint density at radius 3 is 3.12 bits per heavy atom. The molecule has 0 bridgehead atoms. The van der Waals surface area contributed by atoms with Crippen molar-refractivity contribution in [1.29, 1.82) is 0 Å². The number of nitrogens with zero attached hydrogens (tertiary/aromatic N) is 1. The maximum Gasteiger partial charge on any atom is 0.289 e. The number of para-hydroxylation sites is 1. The normalized spacial score (nSPS) is 27.2. The molecular weight excluding hydrogens is 306 g/mol. The second-order valence-electron chi connectivity index (χ2n) is 6.92. The second-order valence-corrected chi connectivity index (χ2v) is 6.92. The van der Waals surface area contributed by atoms with E-state index in [0.717, 1.165) is 36.8 Å². The summed E-state index contributed by atoms with van der Waals surface area (Å²) in [5, 5.41) is 0.961. The van der Waals surface area contributed by atoms with Gasteiger partial charge in [0.2, 0.25) is 0 Å². The molecule has 2 aromatic rings. The average molecular weight is 329 g/mol. The van der Waals surface area contributed by atoms with Gasteiger partial charge >= 0.3 is 0 Å². The number of piperidine rings is 1. The third kappa shape index (κ3) is 2.62. The molecule has 24 heavy (non-hydrogen) atoms. The first-order chi connectivity index (χ1) is 11.7. The van der Waals surface area contributed by atoms with E-state index in [1.165, 1.54) is 0 Å². The number of methoxy groups -OCH3 is 1. The van der Waals surface area contributed by atoms with Crippen LogP contribution >= 0.6 is 0 Å². The Morgan fingerprint density at radius 1 is 1.42 bits per heavy atom. The number of fused-ring (bicyclic) bond motifs is 2. The van der Waals surface area contributed by atoms with Crippen LogP contribution in [-0.4, -0.2) is 50.3 Å². The van der Waals surface area contributed by atoms with Crippen molar-refractivity contribution in [1.82, 2.24) is 4.90 Å². The summed E-state index contributed by atoms with van der Waals surface area (Å²) >= 11 is 0. The summed E-state index contributed by atoms with van der Waals surface area (Å²) in [6, 6.07) is 9.55. The van der Waals surface area contributed by atoms with Gasteiger partial charge in [-0.25, -0.2) is 0 Å². The molecule has 0 radical (unpaired) electrons. The Hall–Kier alpha value is -1.85. The molecule has 0 aliphatic carbocycles. The van der Waals surface area contributed by atoms with Crippen LogP contribution in [0.25, 0.3) is 11.0 Å². The fourth-order valence-electron chi connectivity index (χ4n) is 4.20. The predicted octanol–water partition coefficient (Wildman–Crippen LogP) is 3.09. The highest BCUT2D eigenvalue weighted by Crippen LogP contribution is 2.40. The Labute approximate surface area is 141 Å². The van der Waals surface area contributed by atoms with Crippen LogP contribution in [0, 0.1) is 5.41 Å². The maximum atomic E-state index is 12.9. The first-order valence-electron chi connectivity index (χ1n) is 8.60. The fraction of sp³-hybridized carbons (Fsp3) is 0.526. The number of rotatable bonds is 3. The summed E-state index contributed by atoms with van der Waals surface area (Å²) in [4.78, 5) is 14.8. The van der Waals surface area contributed by atoms with Crippen LogP contribution in [0.5, 0.6) is 0 Å². The molecule has 5 nitrogen and oxygen atoms in total. The van der Waals surface area contributed by atoms with Crippen molar-refractivity contribution >= 4 is 16.9 Å². The molecule has 2 atom stereocenters. The molecule has 2 aliphatic heterocycles. The van der Waals surface area contributed by atoms with Gasteiger partial charge in [0.15, 0.2) is 5.76 Å². The summed E-state index contributed by atoms with van der Waals surface area (Å²) in [6.45, 7) is 2.81. The van der Waals surface area contributed by atoms with Crippen molar-refractivity contribution in [3.05, 3.63) is 36.1 Å². The largest absolute Gasteiger partial charge is 0.451 e. The molecule has 1 aromatic heterocycles. The van der Waals surface area contributed by atoms with E-state index in [2.05, 4.69) is 0 Å². The molecule has 0 saturated carbocycles. The number of furan rings is 1. The summed E-state index contributed by atoms with van der Waals surface area (Å²) in [5.74, 6) is 0.379. The number of ether oxygens (including phenoxy) is 2. The standard InChI is InChI=1S/C19H23NO4/c1-22-13-19-8-4-10-23-17(19)7-9-20(12-19)18(21)16-11-14-5-2-3-6-15(14)24-16/h2-3,5-6,11,17H,4,7-10,12-13H2,1H3. The predicted molar refractivity (Wildman–Crippen MR) is 90.0 cm³/mol. The second kappa shape index (κ2) is 6.22. The van der Waals surface area contributed by atoms with E-state index < -0.39 is 0 Å². The van der Waals surface area contributed by atoms with Crippen LogP contribution in [0.1, 0.15) is 29.8 Å². The van der Waals surface area contributed by atoms with Crippen molar-refractivity contribution in [2.24, 2.45) is 5.41 Å². The van der Waals surface area contributed by atoms with Gasteiger partial charge in [-0.3, -0.25) is 4.79 Å². The lowest BCUT2D eigenvalue weighted by molar-refractivity contribution is -0.142. The summed E-state index contributed by atoms with van der Waals surface area (Å²) in [7, 11) is 1.72. The Bertz CT molecular complexity index is 703. The van der Waals surface area contributed by atoms with Gasteiger partial charge in [-0.05, 0) is 31.4 Å². The number of carbonyl (C=O) groups is 1. The molecule has 0 spiro atoms. The van der Waals surface area contributed by atoms with Gasteiger partial charge in [-0.1, -0.05) is 18.2 Å². The van der Waals surface area contributed by atoms with Crippen LogP contribution in [0.2, 0.25) is 0 Å². The first kappa shape index (κ1) is 15.7. The summed E-state index contributed by atoms with van der Waals surface area (Å²) in [5.41, 5.74) is 0.663. The van der Waals surface area contributed by atoms with E-state index >= 15 is 0 Å². The van der Waals surface area contributed by atoms with Gasteiger partial charge < -0.3 is 18.8 Å². The van der Waals surface area contributed by atoms with Gasteiger partial charge in [0.1, 0.15) is 5.58 Å². The third-order valence-corrected chi connectivity index (χ3v) is 5.34. The highest BCUT2D eigenvalue weighted by Gasteiger charge is 2.47. The minimum Gasteiger partial charge on any atom is -0.451 e. The van der Waals surface area contributed by atoms with Crippen LogP contribution in [-0.2, 0) is 9.47 Å². The number of benzene rings is 1. The molecule has 5 heteroatoms.